The second-order valence-corrected chi connectivity index (χ2v) is 9.71. The van der Waals surface area contributed by atoms with Crippen LogP contribution < -0.4 is 14.2 Å². The van der Waals surface area contributed by atoms with E-state index < -0.39 is 17.2 Å². The molecular weight excluding hydrogens is 526 g/mol. The number of carbonyl (C=O) groups is 1. The molecule has 0 saturated carbocycles. The number of aliphatic hydroxyl groups is 1. The van der Waals surface area contributed by atoms with E-state index in [0.29, 0.717) is 44.3 Å². The highest BCUT2D eigenvalue weighted by Gasteiger charge is 2.37. The van der Waals surface area contributed by atoms with Crippen molar-refractivity contribution < 1.29 is 37.6 Å². The van der Waals surface area contributed by atoms with E-state index >= 15 is 0 Å². The average Bonchev–Trinajstić information content (AvgIpc) is 3.37. The number of nitrogens with zero attached hydrogens (tertiary/aromatic N) is 4. The predicted octanol–water partition coefficient (Wildman–Crippen LogP) is 2.35. The minimum absolute atomic E-state index is 0.0312. The van der Waals surface area contributed by atoms with Gasteiger partial charge in [0, 0.05) is 63.9 Å². The van der Waals surface area contributed by atoms with Gasteiger partial charge < -0.3 is 33.5 Å². The summed E-state index contributed by atoms with van der Waals surface area (Å²) in [7, 11) is 2.99. The summed E-state index contributed by atoms with van der Waals surface area (Å²) in [5.41, 5.74) is -0.616. The highest BCUT2D eigenvalue weighted by molar-refractivity contribution is 5.77. The number of benzene rings is 2. The number of hydrogen-bond acceptors (Lipinski definition) is 8. The fourth-order valence-corrected chi connectivity index (χ4v) is 4.59. The third-order valence-electron chi connectivity index (χ3n) is 6.45. The van der Waals surface area contributed by atoms with Crippen LogP contribution >= 0.6 is 0 Å². The third kappa shape index (κ3) is 8.13. The lowest BCUT2D eigenvalue weighted by atomic mass is 10.0. The molecule has 0 bridgehead atoms. The zero-order valence-corrected chi connectivity index (χ0v) is 22.6. The van der Waals surface area contributed by atoms with E-state index in [4.69, 9.17) is 18.9 Å². The summed E-state index contributed by atoms with van der Waals surface area (Å²) < 4.78 is 51.3. The lowest BCUT2D eigenvalue weighted by Gasteiger charge is -2.33. The Hall–Kier alpha value is -3.74. The fourth-order valence-electron chi connectivity index (χ4n) is 4.59. The highest BCUT2D eigenvalue weighted by Crippen LogP contribution is 2.29. The van der Waals surface area contributed by atoms with Crippen molar-refractivity contribution in [3.8, 4) is 17.2 Å². The van der Waals surface area contributed by atoms with Crippen LogP contribution in [0.25, 0.3) is 0 Å². The van der Waals surface area contributed by atoms with Crippen molar-refractivity contribution in [2.75, 3.05) is 60.2 Å². The summed E-state index contributed by atoms with van der Waals surface area (Å²) in [6.07, 6.45) is 5.29. The Balaban J connectivity index is 1.45. The molecular formula is C28H34F2N4O6. The molecule has 216 valence electrons. The monoisotopic (exact) mass is 560 g/mol. The van der Waals surface area contributed by atoms with E-state index in [1.807, 2.05) is 33.9 Å². The van der Waals surface area contributed by atoms with Crippen molar-refractivity contribution in [1.29, 1.82) is 0 Å². The Morgan fingerprint density at radius 2 is 1.85 bits per heavy atom. The second-order valence-electron chi connectivity index (χ2n) is 9.71. The van der Waals surface area contributed by atoms with E-state index in [1.165, 1.54) is 12.0 Å². The standard InChI is InChI=1S/C28H34F2N4O6/c1-37-16-27(35)34-8-7-33(17-28(36,18-34)19-40-24-13-22(29)12-23(30)14-24)15-21-3-4-25(26(11-21)38-2)39-10-9-32-6-5-31-20-32/h3-6,11-14,20,36H,7-10,15-19H2,1-2H3/t28-/m0/s1. The second kappa shape index (κ2) is 13.6. The number of halogens is 2. The van der Waals surface area contributed by atoms with Gasteiger partial charge in [-0.2, -0.15) is 0 Å². The summed E-state index contributed by atoms with van der Waals surface area (Å²) in [5.74, 6) is -0.732. The first-order valence-electron chi connectivity index (χ1n) is 12.8. The molecule has 0 aliphatic carbocycles. The predicted molar refractivity (Wildman–Crippen MR) is 141 cm³/mol. The van der Waals surface area contributed by atoms with Gasteiger partial charge in [0.25, 0.3) is 0 Å². The van der Waals surface area contributed by atoms with E-state index in [0.717, 1.165) is 23.8 Å². The summed E-state index contributed by atoms with van der Waals surface area (Å²) in [6.45, 7) is 2.04. The molecule has 10 nitrogen and oxygen atoms in total. The van der Waals surface area contributed by atoms with Gasteiger partial charge in [-0.05, 0) is 17.7 Å². The van der Waals surface area contributed by atoms with Gasteiger partial charge in [-0.25, -0.2) is 13.8 Å². The maximum absolute atomic E-state index is 13.7. The van der Waals surface area contributed by atoms with Gasteiger partial charge >= 0.3 is 0 Å². The number of rotatable bonds is 12. The molecule has 1 N–H and O–H groups in total. The zero-order chi connectivity index (χ0) is 28.5. The van der Waals surface area contributed by atoms with Crippen molar-refractivity contribution in [3.05, 3.63) is 72.3 Å². The average molecular weight is 561 g/mol. The number of methoxy groups -OCH3 is 2. The molecule has 0 radical (unpaired) electrons. The van der Waals surface area contributed by atoms with Crippen LogP contribution in [-0.2, 0) is 22.6 Å². The highest BCUT2D eigenvalue weighted by atomic mass is 19.1. The lowest BCUT2D eigenvalue weighted by molar-refractivity contribution is -0.138. The van der Waals surface area contributed by atoms with Crippen molar-refractivity contribution in [1.82, 2.24) is 19.4 Å². The van der Waals surface area contributed by atoms with Crippen LogP contribution in [0.1, 0.15) is 5.56 Å². The Labute approximate surface area is 231 Å². The summed E-state index contributed by atoms with van der Waals surface area (Å²) >= 11 is 0. The summed E-state index contributed by atoms with van der Waals surface area (Å²) in [5, 5.41) is 11.6. The smallest absolute Gasteiger partial charge is 0.248 e. The molecule has 0 spiro atoms. The van der Waals surface area contributed by atoms with Crippen LogP contribution in [0.2, 0.25) is 0 Å². The van der Waals surface area contributed by atoms with Crippen molar-refractivity contribution in [2.24, 2.45) is 0 Å². The quantitative estimate of drug-likeness (QED) is 0.361. The Kier molecular flexibility index (Phi) is 9.91. The normalized spacial score (nSPS) is 17.9. The molecule has 1 amide bonds. The van der Waals surface area contributed by atoms with E-state index in [2.05, 4.69) is 4.98 Å². The van der Waals surface area contributed by atoms with Gasteiger partial charge in [-0.15, -0.1) is 0 Å². The molecule has 12 heteroatoms. The zero-order valence-electron chi connectivity index (χ0n) is 22.6. The van der Waals surface area contributed by atoms with Crippen LogP contribution in [-0.4, -0.2) is 96.2 Å². The number of β-amino-alcohol motifs (C(OH)–C–C–N with tert-alkyl or cyclic N) is 1. The minimum Gasteiger partial charge on any atom is -0.493 e. The molecule has 1 aliphatic rings. The molecule has 40 heavy (non-hydrogen) atoms. The molecule has 3 aromatic rings. The van der Waals surface area contributed by atoms with E-state index in [-0.39, 0.29) is 38.0 Å². The van der Waals surface area contributed by atoms with Gasteiger partial charge in [-0.1, -0.05) is 6.07 Å². The number of aromatic nitrogens is 2. The number of hydrogen-bond donors (Lipinski definition) is 1. The number of amides is 1. The SMILES string of the molecule is COCC(=O)N1CCN(Cc2ccc(OCCn3ccnc3)c(OC)c2)C[C@@](O)(COc2cc(F)cc(F)c2)C1. The van der Waals surface area contributed by atoms with Crippen LogP contribution in [0.15, 0.2) is 55.1 Å². The molecule has 1 fully saturated rings. The van der Waals surface area contributed by atoms with Gasteiger partial charge in [0.05, 0.1) is 26.5 Å². The topological polar surface area (TPSA) is 98.5 Å². The van der Waals surface area contributed by atoms with E-state index in [1.54, 1.807) is 19.6 Å². The molecule has 1 atom stereocenters. The largest absolute Gasteiger partial charge is 0.493 e. The molecule has 2 heterocycles. The maximum Gasteiger partial charge on any atom is 0.248 e. The first-order chi connectivity index (χ1) is 19.3. The Bertz CT molecular complexity index is 1240. The van der Waals surface area contributed by atoms with Crippen LogP contribution in [0, 0.1) is 11.6 Å². The Morgan fingerprint density at radius 3 is 2.55 bits per heavy atom. The van der Waals surface area contributed by atoms with Crippen molar-refractivity contribution in [2.45, 2.75) is 18.7 Å². The van der Waals surface area contributed by atoms with E-state index in [9.17, 15) is 18.7 Å². The van der Waals surface area contributed by atoms with Crippen molar-refractivity contribution >= 4 is 5.91 Å². The van der Waals surface area contributed by atoms with Crippen molar-refractivity contribution in [3.63, 3.8) is 0 Å². The lowest BCUT2D eigenvalue weighted by Crippen LogP contribution is -2.52. The molecule has 1 aromatic heterocycles. The molecule has 0 unspecified atom stereocenters. The summed E-state index contributed by atoms with van der Waals surface area (Å²) in [4.78, 5) is 20.2. The van der Waals surface area contributed by atoms with Gasteiger partial charge in [0.15, 0.2) is 11.5 Å². The van der Waals surface area contributed by atoms with Crippen LogP contribution in [0.3, 0.4) is 0 Å². The molecule has 1 aliphatic heterocycles. The molecule has 4 rings (SSSR count). The minimum atomic E-state index is -1.52. The fraction of sp³-hybridized carbons (Fsp3) is 0.429. The van der Waals surface area contributed by atoms with Gasteiger partial charge in [-0.3, -0.25) is 9.69 Å². The third-order valence-corrected chi connectivity index (χ3v) is 6.45. The first-order valence-corrected chi connectivity index (χ1v) is 12.8. The Morgan fingerprint density at radius 1 is 1.05 bits per heavy atom. The first kappa shape index (κ1) is 29.2. The number of imidazole rings is 1. The molecule has 1 saturated heterocycles. The van der Waals surface area contributed by atoms with Gasteiger partial charge in [0.1, 0.15) is 42.8 Å². The van der Waals surface area contributed by atoms with Crippen LogP contribution in [0.5, 0.6) is 17.2 Å². The van der Waals surface area contributed by atoms with Crippen LogP contribution in [0.4, 0.5) is 8.78 Å². The molecule has 2 aromatic carbocycles. The number of carbonyl (C=O) groups excluding carboxylic acids is 1. The van der Waals surface area contributed by atoms with Gasteiger partial charge in [0.2, 0.25) is 5.91 Å². The number of ether oxygens (including phenoxy) is 4. The summed E-state index contributed by atoms with van der Waals surface area (Å²) in [6, 6.07) is 8.45. The maximum atomic E-state index is 13.7.